The number of phenolic OH excluding ortho intramolecular Hbond substituents is 2. The average molecular weight is 1110 g/mol. The molecular formula is C56H42F12N4O7. The van der Waals surface area contributed by atoms with E-state index in [1.807, 2.05) is 5.32 Å². The number of amides is 4. The number of aryl methyl sites for hydroxylation is 3. The Hall–Kier alpha value is -9.02. The molecule has 7 rings (SSSR count). The van der Waals surface area contributed by atoms with E-state index in [9.17, 15) is 29.4 Å². The second-order valence-electron chi connectivity index (χ2n) is 18.1. The zero-order valence-corrected chi connectivity index (χ0v) is 41.3. The lowest BCUT2D eigenvalue weighted by Gasteiger charge is -2.39. The molecule has 0 spiro atoms. The van der Waals surface area contributed by atoms with E-state index in [-0.39, 0.29) is 45.0 Å². The molecular weight excluding hydrogens is 1070 g/mol. The van der Waals surface area contributed by atoms with Crippen molar-refractivity contribution < 1.29 is 86.8 Å². The van der Waals surface area contributed by atoms with Crippen molar-refractivity contribution in [3.8, 4) is 23.0 Å². The van der Waals surface area contributed by atoms with E-state index in [1.54, 1.807) is 13.0 Å². The Labute approximate surface area is 440 Å². The molecule has 0 saturated heterocycles. The second kappa shape index (κ2) is 21.4. The van der Waals surface area contributed by atoms with Gasteiger partial charge in [0.2, 0.25) is 16.7 Å². The van der Waals surface area contributed by atoms with Crippen LogP contribution in [0.4, 0.5) is 75.4 Å². The number of halogens is 12. The van der Waals surface area contributed by atoms with Crippen LogP contribution in [0, 0.1) is 20.8 Å². The zero-order chi connectivity index (χ0) is 58.2. The molecule has 0 aliphatic rings. The summed E-state index contributed by atoms with van der Waals surface area (Å²) in [7, 11) is 0. The Morgan fingerprint density at radius 3 is 1.08 bits per heavy atom. The van der Waals surface area contributed by atoms with Crippen molar-refractivity contribution in [2.24, 2.45) is 0 Å². The Bertz CT molecular complexity index is 3460. The van der Waals surface area contributed by atoms with Gasteiger partial charge in [0, 0.05) is 35.0 Å². The summed E-state index contributed by atoms with van der Waals surface area (Å²) in [6, 6.07) is 22.5. The molecule has 412 valence electrons. The number of ether oxygens (including phenoxy) is 1. The lowest BCUT2D eigenvalue weighted by molar-refractivity contribution is -0.290. The van der Waals surface area contributed by atoms with E-state index in [0.29, 0.717) is 66.2 Å². The number of hydrogen-bond donors (Lipinski definition) is 6. The van der Waals surface area contributed by atoms with Crippen molar-refractivity contribution in [3.05, 3.63) is 201 Å². The van der Waals surface area contributed by atoms with Crippen LogP contribution in [-0.2, 0) is 15.6 Å². The van der Waals surface area contributed by atoms with E-state index >= 15 is 52.7 Å². The van der Waals surface area contributed by atoms with Crippen molar-refractivity contribution >= 4 is 46.4 Å². The average Bonchev–Trinajstić information content (AvgIpc) is 3.20. The molecule has 0 aliphatic heterocycles. The number of hydrogen-bond acceptors (Lipinski definition) is 7. The zero-order valence-electron chi connectivity index (χ0n) is 41.3. The van der Waals surface area contributed by atoms with Gasteiger partial charge in [0.05, 0.1) is 11.4 Å². The SMILES string of the molecule is CC(=O)Nc1cc(C(c2ccc(C)c(NC(=O)c3ccc(Oc4ccc(C(=O)Nc5cc(C(c6ccc(C)c(NC(=O)c7cccc(C)c7)c6)(C(F)(F)F)C(F)(F)F)ccc5O)cc4)cc3)c2)(C(F)(F)F)C(F)(F)F)ccc1O. The number of carbonyl (C=O) groups is 4. The molecule has 0 radical (unpaired) electrons. The van der Waals surface area contributed by atoms with E-state index in [2.05, 4.69) is 16.0 Å². The second-order valence-corrected chi connectivity index (χ2v) is 18.1. The molecule has 0 aliphatic carbocycles. The van der Waals surface area contributed by atoms with Crippen molar-refractivity contribution in [2.75, 3.05) is 21.3 Å². The number of phenols is 2. The molecule has 0 saturated carbocycles. The molecule has 79 heavy (non-hydrogen) atoms. The standard InChI is InChI=1S/C56H42F12N4O7/c1-29-6-5-7-35(24-29)50(78)71-43-26-37(15-9-31(43)3)52(55(63,64)65,56(66,67)68)39-17-23-47(75)45(28-39)72-49(77)34-12-20-41(21-13-34)79-40-18-10-33(11-19-40)48(76)70-42-25-36(14-8-30(42)2)51(53(57,58)59,54(60,61)62)38-16-22-46(74)44(27-38)69-32(4)73/h5-28,74-75H,1-4H3,(H,69,73)(H,70,76)(H,71,78)(H,72,77). The number of nitrogens with one attached hydrogen (secondary N) is 4. The first-order chi connectivity index (χ1) is 36.8. The molecule has 0 atom stereocenters. The van der Waals surface area contributed by atoms with Crippen molar-refractivity contribution in [2.45, 2.75) is 63.2 Å². The van der Waals surface area contributed by atoms with Gasteiger partial charge in [-0.25, -0.2) is 0 Å². The summed E-state index contributed by atoms with van der Waals surface area (Å²) in [6.45, 7) is 5.27. The fraction of sp³-hybridized carbons (Fsp3) is 0.179. The molecule has 0 bridgehead atoms. The summed E-state index contributed by atoms with van der Waals surface area (Å²) >= 11 is 0. The molecule has 23 heteroatoms. The van der Waals surface area contributed by atoms with Crippen LogP contribution >= 0.6 is 0 Å². The summed E-state index contributed by atoms with van der Waals surface area (Å²) in [4.78, 5) is 51.5. The maximum absolute atomic E-state index is 15.3. The minimum atomic E-state index is -6.11. The van der Waals surface area contributed by atoms with Crippen LogP contribution in [0.5, 0.6) is 23.0 Å². The largest absolute Gasteiger partial charge is 0.506 e. The number of aromatic hydroxyl groups is 2. The van der Waals surface area contributed by atoms with E-state index < -0.39 is 110 Å². The lowest BCUT2D eigenvalue weighted by atomic mass is 9.72. The van der Waals surface area contributed by atoms with Crippen LogP contribution in [0.2, 0.25) is 0 Å². The van der Waals surface area contributed by atoms with E-state index in [4.69, 9.17) is 4.74 Å². The fourth-order valence-corrected chi connectivity index (χ4v) is 8.73. The van der Waals surface area contributed by atoms with Gasteiger partial charge >= 0.3 is 24.7 Å². The van der Waals surface area contributed by atoms with Crippen LogP contribution in [0.25, 0.3) is 0 Å². The predicted octanol–water partition coefficient (Wildman–Crippen LogP) is 14.4. The van der Waals surface area contributed by atoms with Gasteiger partial charge in [0.25, 0.3) is 17.7 Å². The Morgan fingerprint density at radius 1 is 0.392 bits per heavy atom. The number of alkyl halides is 12. The minimum Gasteiger partial charge on any atom is -0.506 e. The summed E-state index contributed by atoms with van der Waals surface area (Å²) in [6.07, 6.45) is -24.4. The monoisotopic (exact) mass is 1110 g/mol. The maximum atomic E-state index is 15.3. The fourth-order valence-electron chi connectivity index (χ4n) is 8.73. The number of carbonyl (C=O) groups excluding carboxylic acids is 4. The predicted molar refractivity (Wildman–Crippen MR) is 267 cm³/mol. The highest BCUT2D eigenvalue weighted by Gasteiger charge is 2.74. The maximum Gasteiger partial charge on any atom is 0.411 e. The number of anilines is 4. The van der Waals surface area contributed by atoms with Crippen LogP contribution in [0.1, 0.15) is 76.9 Å². The lowest BCUT2D eigenvalue weighted by Crippen LogP contribution is -2.54. The highest BCUT2D eigenvalue weighted by molar-refractivity contribution is 6.06. The summed E-state index contributed by atoms with van der Waals surface area (Å²) < 4.78 is 188. The van der Waals surface area contributed by atoms with Crippen molar-refractivity contribution in [1.82, 2.24) is 0 Å². The van der Waals surface area contributed by atoms with Crippen molar-refractivity contribution in [3.63, 3.8) is 0 Å². The molecule has 7 aromatic carbocycles. The van der Waals surface area contributed by atoms with Gasteiger partial charge in [-0.05, 0) is 151 Å². The van der Waals surface area contributed by atoms with Gasteiger partial charge in [0.1, 0.15) is 23.0 Å². The normalized spacial score (nSPS) is 12.4. The number of rotatable bonds is 13. The highest BCUT2D eigenvalue weighted by Crippen LogP contribution is 2.59. The summed E-state index contributed by atoms with van der Waals surface area (Å²) in [5.74, 6) is -5.41. The van der Waals surface area contributed by atoms with Crippen LogP contribution < -0.4 is 26.0 Å². The first-order valence-electron chi connectivity index (χ1n) is 23.1. The summed E-state index contributed by atoms with van der Waals surface area (Å²) in [5.41, 5.74) is -16.9. The molecule has 7 aromatic rings. The minimum absolute atomic E-state index is 0.0364. The smallest absolute Gasteiger partial charge is 0.411 e. The molecule has 0 heterocycles. The highest BCUT2D eigenvalue weighted by atomic mass is 19.4. The third kappa shape index (κ3) is 11.4. The van der Waals surface area contributed by atoms with E-state index in [0.717, 1.165) is 31.2 Å². The topological polar surface area (TPSA) is 166 Å². The first kappa shape index (κ1) is 57.7. The molecule has 6 N–H and O–H groups in total. The Morgan fingerprint density at radius 2 is 0.722 bits per heavy atom. The Kier molecular flexibility index (Phi) is 15.6. The van der Waals surface area contributed by atoms with Gasteiger partial charge in [0.15, 0.2) is 0 Å². The van der Waals surface area contributed by atoms with Crippen LogP contribution in [0.3, 0.4) is 0 Å². The van der Waals surface area contributed by atoms with Crippen molar-refractivity contribution in [1.29, 1.82) is 0 Å². The number of benzene rings is 7. The third-order valence-electron chi connectivity index (χ3n) is 12.7. The van der Waals surface area contributed by atoms with E-state index in [1.165, 1.54) is 68.4 Å². The molecule has 4 amide bonds. The van der Waals surface area contributed by atoms with Gasteiger partial charge in [-0.3, -0.25) is 19.2 Å². The third-order valence-corrected chi connectivity index (χ3v) is 12.7. The molecule has 0 fully saturated rings. The molecule has 11 nitrogen and oxygen atoms in total. The molecule has 0 unspecified atom stereocenters. The van der Waals surface area contributed by atoms with Crippen LogP contribution in [0.15, 0.2) is 146 Å². The van der Waals surface area contributed by atoms with Gasteiger partial charge in [-0.1, -0.05) is 54.1 Å². The van der Waals surface area contributed by atoms with Gasteiger partial charge in [-0.2, -0.15) is 52.7 Å². The van der Waals surface area contributed by atoms with Crippen LogP contribution in [-0.4, -0.2) is 58.5 Å². The summed E-state index contributed by atoms with van der Waals surface area (Å²) in [5, 5.41) is 29.6. The van der Waals surface area contributed by atoms with Gasteiger partial charge < -0.3 is 36.2 Å². The van der Waals surface area contributed by atoms with Gasteiger partial charge in [-0.15, -0.1) is 0 Å². The quantitative estimate of drug-likeness (QED) is 0.0494. The molecule has 0 aromatic heterocycles. The Balaban J connectivity index is 1.08. The first-order valence-corrected chi connectivity index (χ1v) is 23.1.